The number of rotatable bonds is 4. The van der Waals surface area contributed by atoms with Crippen LogP contribution < -0.4 is 16.0 Å². The van der Waals surface area contributed by atoms with Crippen LogP contribution in [0.2, 0.25) is 0 Å². The number of fused-ring (bicyclic) bond motifs is 1. The molecule has 4 rings (SSSR count). The number of anilines is 1. The topological polar surface area (TPSA) is 70.2 Å². The minimum absolute atomic E-state index is 0. The van der Waals surface area contributed by atoms with Crippen molar-refractivity contribution in [1.82, 2.24) is 10.6 Å². The number of amides is 2. The number of hydrogen-bond acceptors (Lipinski definition) is 3. The molecule has 1 aliphatic heterocycles. The van der Waals surface area contributed by atoms with E-state index < -0.39 is 0 Å². The zero-order chi connectivity index (χ0) is 16.5. The smallest absolute Gasteiger partial charge is 0.255 e. The Morgan fingerprint density at radius 3 is 2.28 bits per heavy atom. The predicted molar refractivity (Wildman–Crippen MR) is 99.1 cm³/mol. The van der Waals surface area contributed by atoms with Crippen LogP contribution in [-0.2, 0) is 13.1 Å². The molecule has 2 aromatic rings. The summed E-state index contributed by atoms with van der Waals surface area (Å²) in [4.78, 5) is 24.3. The van der Waals surface area contributed by atoms with E-state index in [9.17, 15) is 9.59 Å². The molecule has 0 unspecified atom stereocenters. The number of nitrogens with one attached hydrogen (secondary N) is 3. The Morgan fingerprint density at radius 2 is 1.56 bits per heavy atom. The van der Waals surface area contributed by atoms with Gasteiger partial charge < -0.3 is 16.0 Å². The second-order valence-corrected chi connectivity index (χ2v) is 6.37. The lowest BCUT2D eigenvalue weighted by molar-refractivity contribution is 0.0950. The van der Waals surface area contributed by atoms with Gasteiger partial charge in [-0.3, -0.25) is 9.59 Å². The monoisotopic (exact) mass is 357 g/mol. The van der Waals surface area contributed by atoms with Crippen molar-refractivity contribution in [3.05, 3.63) is 64.7 Å². The fourth-order valence-corrected chi connectivity index (χ4v) is 2.84. The Labute approximate surface area is 152 Å². The van der Waals surface area contributed by atoms with Crippen LogP contribution in [0.25, 0.3) is 0 Å². The molecule has 130 valence electrons. The van der Waals surface area contributed by atoms with Gasteiger partial charge in [-0.15, -0.1) is 12.4 Å². The fraction of sp³-hybridized carbons (Fsp3) is 0.263. The molecule has 1 aliphatic carbocycles. The summed E-state index contributed by atoms with van der Waals surface area (Å²) >= 11 is 0. The molecule has 0 spiro atoms. The van der Waals surface area contributed by atoms with Gasteiger partial charge in [0.05, 0.1) is 0 Å². The van der Waals surface area contributed by atoms with E-state index in [2.05, 4.69) is 16.0 Å². The lowest BCUT2D eigenvalue weighted by Crippen LogP contribution is -2.25. The highest BCUT2D eigenvalue weighted by Crippen LogP contribution is 2.20. The van der Waals surface area contributed by atoms with Crippen LogP contribution in [0, 0.1) is 0 Å². The van der Waals surface area contributed by atoms with Crippen LogP contribution in [0.4, 0.5) is 5.69 Å². The first-order valence-electron chi connectivity index (χ1n) is 8.24. The standard InChI is InChI=1S/C19H19N3O2.ClH/c23-18(21-17-7-8-17)12-3-5-16(6-4-12)22-19(24)13-1-2-14-10-20-11-15(14)9-13;/h1-6,9,17,20H,7-8,10-11H2,(H,21,23)(H,22,24);1H. The van der Waals surface area contributed by atoms with Gasteiger partial charge in [-0.1, -0.05) is 6.07 Å². The highest BCUT2D eigenvalue weighted by molar-refractivity contribution is 6.04. The molecular weight excluding hydrogens is 338 g/mol. The zero-order valence-corrected chi connectivity index (χ0v) is 14.5. The molecule has 2 amide bonds. The van der Waals surface area contributed by atoms with Crippen LogP contribution in [0.5, 0.6) is 0 Å². The average Bonchev–Trinajstić information content (AvgIpc) is 3.28. The predicted octanol–water partition coefficient (Wildman–Crippen LogP) is 2.86. The Kier molecular flexibility index (Phi) is 5.06. The van der Waals surface area contributed by atoms with Gasteiger partial charge in [0.1, 0.15) is 0 Å². The van der Waals surface area contributed by atoms with E-state index >= 15 is 0 Å². The van der Waals surface area contributed by atoms with Gasteiger partial charge in [-0.25, -0.2) is 0 Å². The highest BCUT2D eigenvalue weighted by atomic mass is 35.5. The summed E-state index contributed by atoms with van der Waals surface area (Å²) in [7, 11) is 0. The largest absolute Gasteiger partial charge is 0.349 e. The summed E-state index contributed by atoms with van der Waals surface area (Å²) in [6.07, 6.45) is 2.13. The van der Waals surface area contributed by atoms with Crippen molar-refractivity contribution in [2.75, 3.05) is 5.32 Å². The molecule has 25 heavy (non-hydrogen) atoms. The first-order valence-corrected chi connectivity index (χ1v) is 8.24. The third-order valence-corrected chi connectivity index (χ3v) is 4.42. The first-order chi connectivity index (χ1) is 11.7. The average molecular weight is 358 g/mol. The SMILES string of the molecule is Cl.O=C(Nc1ccc(C(=O)NC2CC2)cc1)c1ccc2c(c1)CNC2. The van der Waals surface area contributed by atoms with Crippen molar-refractivity contribution < 1.29 is 9.59 Å². The molecule has 0 saturated heterocycles. The van der Waals surface area contributed by atoms with Crippen molar-refractivity contribution in [1.29, 1.82) is 0 Å². The molecule has 0 bridgehead atoms. The van der Waals surface area contributed by atoms with E-state index in [1.165, 1.54) is 11.1 Å². The van der Waals surface area contributed by atoms with Gasteiger partial charge in [0.2, 0.25) is 0 Å². The quantitative estimate of drug-likeness (QED) is 0.788. The van der Waals surface area contributed by atoms with E-state index in [1.807, 2.05) is 18.2 Å². The second kappa shape index (κ2) is 7.25. The minimum Gasteiger partial charge on any atom is -0.349 e. The molecule has 5 nitrogen and oxygen atoms in total. The van der Waals surface area contributed by atoms with Gasteiger partial charge in [-0.2, -0.15) is 0 Å². The van der Waals surface area contributed by atoms with Gasteiger partial charge in [0, 0.05) is 35.9 Å². The Bertz CT molecular complexity index is 801. The van der Waals surface area contributed by atoms with Crippen LogP contribution in [0.15, 0.2) is 42.5 Å². The van der Waals surface area contributed by atoms with E-state index in [0.29, 0.717) is 22.9 Å². The summed E-state index contributed by atoms with van der Waals surface area (Å²) < 4.78 is 0. The number of carbonyl (C=O) groups excluding carboxylic acids is 2. The van der Waals surface area contributed by atoms with Crippen LogP contribution in [-0.4, -0.2) is 17.9 Å². The van der Waals surface area contributed by atoms with Crippen LogP contribution in [0.3, 0.4) is 0 Å². The molecule has 6 heteroatoms. The van der Waals surface area contributed by atoms with Gasteiger partial charge in [-0.05, 0) is 60.4 Å². The van der Waals surface area contributed by atoms with Crippen molar-refractivity contribution in [3.8, 4) is 0 Å². The molecule has 2 aromatic carbocycles. The molecule has 0 atom stereocenters. The van der Waals surface area contributed by atoms with Crippen molar-refractivity contribution in [2.24, 2.45) is 0 Å². The van der Waals surface area contributed by atoms with Crippen molar-refractivity contribution >= 4 is 29.9 Å². The van der Waals surface area contributed by atoms with Gasteiger partial charge >= 0.3 is 0 Å². The summed E-state index contributed by atoms with van der Waals surface area (Å²) in [5, 5.41) is 9.09. The third-order valence-electron chi connectivity index (χ3n) is 4.42. The summed E-state index contributed by atoms with van der Waals surface area (Å²) in [6, 6.07) is 13.1. The zero-order valence-electron chi connectivity index (χ0n) is 13.7. The molecule has 0 aromatic heterocycles. The van der Waals surface area contributed by atoms with Crippen LogP contribution in [0.1, 0.15) is 44.7 Å². The molecule has 1 fully saturated rings. The first kappa shape index (κ1) is 17.5. The molecule has 1 saturated carbocycles. The number of carbonyl (C=O) groups is 2. The number of benzene rings is 2. The number of halogens is 1. The maximum atomic E-state index is 12.4. The van der Waals surface area contributed by atoms with E-state index in [1.54, 1.807) is 24.3 Å². The van der Waals surface area contributed by atoms with Crippen LogP contribution >= 0.6 is 12.4 Å². The second-order valence-electron chi connectivity index (χ2n) is 6.37. The molecule has 2 aliphatic rings. The van der Waals surface area contributed by atoms with E-state index in [-0.39, 0.29) is 24.2 Å². The van der Waals surface area contributed by atoms with Crippen molar-refractivity contribution in [2.45, 2.75) is 32.0 Å². The maximum Gasteiger partial charge on any atom is 0.255 e. The highest BCUT2D eigenvalue weighted by Gasteiger charge is 2.23. The Hall–Kier alpha value is -2.37. The summed E-state index contributed by atoms with van der Waals surface area (Å²) in [5.74, 6) is -0.193. The van der Waals surface area contributed by atoms with Crippen molar-refractivity contribution in [3.63, 3.8) is 0 Å². The Balaban J connectivity index is 0.00000182. The minimum atomic E-state index is -0.139. The maximum absolute atomic E-state index is 12.4. The molecular formula is C19H20ClN3O2. The van der Waals surface area contributed by atoms with E-state index in [0.717, 1.165) is 25.9 Å². The number of hydrogen-bond donors (Lipinski definition) is 3. The normalized spacial score (nSPS) is 15.0. The van der Waals surface area contributed by atoms with Gasteiger partial charge in [0.25, 0.3) is 11.8 Å². The molecule has 0 radical (unpaired) electrons. The third kappa shape index (κ3) is 4.00. The molecule has 3 N–H and O–H groups in total. The fourth-order valence-electron chi connectivity index (χ4n) is 2.84. The lowest BCUT2D eigenvalue weighted by atomic mass is 10.1. The summed E-state index contributed by atoms with van der Waals surface area (Å²) in [6.45, 7) is 1.67. The van der Waals surface area contributed by atoms with E-state index in [4.69, 9.17) is 0 Å². The molecule has 1 heterocycles. The summed E-state index contributed by atoms with van der Waals surface area (Å²) in [5.41, 5.74) is 4.37. The van der Waals surface area contributed by atoms with Gasteiger partial charge in [0.15, 0.2) is 0 Å². The lowest BCUT2D eigenvalue weighted by Gasteiger charge is -2.08. The Morgan fingerprint density at radius 1 is 0.880 bits per heavy atom.